The molecule has 0 amide bonds. The van der Waals surface area contributed by atoms with Crippen molar-refractivity contribution in [3.05, 3.63) is 107 Å². The molecule has 230 valence electrons. The molecule has 0 saturated carbocycles. The smallest absolute Gasteiger partial charge is 0.209 e. The summed E-state index contributed by atoms with van der Waals surface area (Å²) in [6.45, 7) is 10.1. The number of unbranched alkanes of at least 4 members (excludes halogenated alkanes) is 1. The first-order valence-corrected chi connectivity index (χ1v) is 17.0. The van der Waals surface area contributed by atoms with Gasteiger partial charge in [-0.3, -0.25) is 0 Å². The Bertz CT molecular complexity index is 1760. The van der Waals surface area contributed by atoms with Gasteiger partial charge in [-0.2, -0.15) is 4.58 Å². The number of allylic oxidation sites excluding steroid dienone is 7. The van der Waals surface area contributed by atoms with E-state index >= 15 is 0 Å². The van der Waals surface area contributed by atoms with E-state index in [0.717, 1.165) is 29.9 Å². The lowest BCUT2D eigenvalue weighted by atomic mass is 9.81. The topological polar surface area (TPSA) is 75.5 Å². The third-order valence-corrected chi connectivity index (χ3v) is 10.1. The largest absolute Gasteiger partial charge is 0.748 e. The van der Waals surface area contributed by atoms with E-state index < -0.39 is 10.1 Å². The standard InChI is InChI=1S/C37H43N3O3S/c1-7-24-38-35-27(20-22-33-36(2,3)29-14-8-10-16-31(29)39(33)6)18-19-28(35)21-23-34-37(4,5)30-15-9-11-17-32(30)40(34)25-12-13-26-44(41,42)43/h1,8-11,14-17,20-23H,12-13,18-19,24-26H2,2-6H3,(H,41,42,43)/b28-21-,34-23-. The molecule has 0 bridgehead atoms. The summed E-state index contributed by atoms with van der Waals surface area (Å²) in [4.78, 5) is 2.28. The van der Waals surface area contributed by atoms with Crippen molar-refractivity contribution in [2.75, 3.05) is 30.8 Å². The number of terminal acetylenes is 1. The maximum Gasteiger partial charge on any atom is 0.209 e. The summed E-state index contributed by atoms with van der Waals surface area (Å²) in [5.74, 6) is 2.40. The zero-order valence-electron chi connectivity index (χ0n) is 26.5. The number of benzene rings is 2. The van der Waals surface area contributed by atoms with Gasteiger partial charge in [-0.05, 0) is 68.4 Å². The molecule has 0 saturated heterocycles. The number of nitrogens with one attached hydrogen (secondary N) is 1. The van der Waals surface area contributed by atoms with Crippen LogP contribution in [-0.4, -0.2) is 49.1 Å². The van der Waals surface area contributed by atoms with E-state index in [1.807, 2.05) is 6.07 Å². The molecule has 2 aromatic rings. The lowest BCUT2D eigenvalue weighted by Gasteiger charge is -2.27. The summed E-state index contributed by atoms with van der Waals surface area (Å²) in [7, 11) is -2.08. The number of para-hydroxylation sites is 2. The summed E-state index contributed by atoms with van der Waals surface area (Å²) < 4.78 is 35.8. The molecule has 2 aliphatic heterocycles. The Morgan fingerprint density at radius 2 is 1.68 bits per heavy atom. The highest BCUT2D eigenvalue weighted by atomic mass is 32.2. The highest BCUT2D eigenvalue weighted by Crippen LogP contribution is 2.48. The Balaban J connectivity index is 1.47. The van der Waals surface area contributed by atoms with Crippen LogP contribution < -0.4 is 10.2 Å². The summed E-state index contributed by atoms with van der Waals surface area (Å²) in [6.07, 6.45) is 17.4. The lowest BCUT2D eigenvalue weighted by Crippen LogP contribution is -2.27. The molecular formula is C37H43N3O3S. The number of anilines is 1. The molecular weight excluding hydrogens is 566 g/mol. The zero-order chi connectivity index (χ0) is 31.7. The first-order chi connectivity index (χ1) is 20.9. The van der Waals surface area contributed by atoms with Gasteiger partial charge in [-0.15, -0.1) is 6.42 Å². The molecule has 2 aromatic carbocycles. The Kier molecular flexibility index (Phi) is 8.80. The summed E-state index contributed by atoms with van der Waals surface area (Å²) in [6, 6.07) is 17.0. The van der Waals surface area contributed by atoms with Gasteiger partial charge >= 0.3 is 0 Å². The minimum atomic E-state index is -4.22. The lowest BCUT2D eigenvalue weighted by molar-refractivity contribution is -0.401. The van der Waals surface area contributed by atoms with Gasteiger partial charge in [-0.25, -0.2) is 8.42 Å². The predicted molar refractivity (Wildman–Crippen MR) is 179 cm³/mol. The Morgan fingerprint density at radius 1 is 0.977 bits per heavy atom. The summed E-state index contributed by atoms with van der Waals surface area (Å²) in [5, 5.41) is 3.51. The fourth-order valence-corrected chi connectivity index (χ4v) is 7.57. The molecule has 2 heterocycles. The van der Waals surface area contributed by atoms with Crippen LogP contribution in [0.3, 0.4) is 0 Å². The number of nitrogens with zero attached hydrogens (tertiary/aromatic N) is 2. The number of hydrogen-bond donors (Lipinski definition) is 1. The molecule has 0 radical (unpaired) electrons. The fraction of sp³-hybridized carbons (Fsp3) is 0.378. The average molecular weight is 610 g/mol. The highest BCUT2D eigenvalue weighted by Gasteiger charge is 2.43. The second kappa shape index (κ2) is 12.3. The summed E-state index contributed by atoms with van der Waals surface area (Å²) in [5.41, 5.74) is 10.6. The molecule has 7 heteroatoms. The third-order valence-electron chi connectivity index (χ3n) is 9.32. The van der Waals surface area contributed by atoms with E-state index in [0.29, 0.717) is 25.9 Å². The van der Waals surface area contributed by atoms with Gasteiger partial charge in [0.15, 0.2) is 5.71 Å². The minimum Gasteiger partial charge on any atom is -0.748 e. The molecule has 5 rings (SSSR count). The van der Waals surface area contributed by atoms with E-state index in [9.17, 15) is 13.0 Å². The first-order valence-electron chi connectivity index (χ1n) is 15.4. The monoisotopic (exact) mass is 609 g/mol. The van der Waals surface area contributed by atoms with Crippen molar-refractivity contribution < 1.29 is 17.5 Å². The molecule has 3 aliphatic rings. The van der Waals surface area contributed by atoms with Crippen LogP contribution in [0, 0.1) is 12.3 Å². The zero-order valence-corrected chi connectivity index (χ0v) is 27.3. The van der Waals surface area contributed by atoms with Gasteiger partial charge in [-0.1, -0.05) is 68.3 Å². The van der Waals surface area contributed by atoms with Crippen LogP contribution >= 0.6 is 0 Å². The maximum absolute atomic E-state index is 11.2. The quantitative estimate of drug-likeness (QED) is 0.145. The van der Waals surface area contributed by atoms with Crippen molar-refractivity contribution in [1.82, 2.24) is 5.32 Å². The van der Waals surface area contributed by atoms with Crippen LogP contribution in [0.2, 0.25) is 0 Å². The average Bonchev–Trinajstić information content (AvgIpc) is 3.53. The van der Waals surface area contributed by atoms with Gasteiger partial charge in [0.1, 0.15) is 7.05 Å². The fourth-order valence-electron chi connectivity index (χ4n) is 7.02. The van der Waals surface area contributed by atoms with Crippen LogP contribution in [-0.2, 0) is 20.9 Å². The number of rotatable bonds is 10. The highest BCUT2D eigenvalue weighted by molar-refractivity contribution is 7.85. The van der Waals surface area contributed by atoms with Crippen LogP contribution in [0.5, 0.6) is 0 Å². The van der Waals surface area contributed by atoms with E-state index in [-0.39, 0.29) is 16.6 Å². The normalized spacial score (nSPS) is 20.6. The summed E-state index contributed by atoms with van der Waals surface area (Å²) >= 11 is 0. The second-order valence-corrected chi connectivity index (χ2v) is 14.4. The van der Waals surface area contributed by atoms with Crippen molar-refractivity contribution >= 4 is 27.2 Å². The van der Waals surface area contributed by atoms with Gasteiger partial charge in [0.05, 0.1) is 22.1 Å². The van der Waals surface area contributed by atoms with Crippen LogP contribution in [0.4, 0.5) is 11.4 Å². The van der Waals surface area contributed by atoms with Crippen LogP contribution in [0.15, 0.2) is 95.4 Å². The van der Waals surface area contributed by atoms with Crippen molar-refractivity contribution in [1.29, 1.82) is 0 Å². The molecule has 44 heavy (non-hydrogen) atoms. The molecule has 1 N–H and O–H groups in total. The van der Waals surface area contributed by atoms with Crippen molar-refractivity contribution in [3.8, 4) is 12.3 Å². The van der Waals surface area contributed by atoms with Gasteiger partial charge < -0.3 is 14.8 Å². The molecule has 1 aliphatic carbocycles. The predicted octanol–water partition coefficient (Wildman–Crippen LogP) is 6.45. The van der Waals surface area contributed by atoms with Crippen molar-refractivity contribution in [2.24, 2.45) is 0 Å². The van der Waals surface area contributed by atoms with Crippen molar-refractivity contribution in [3.63, 3.8) is 0 Å². The Morgan fingerprint density at radius 3 is 2.39 bits per heavy atom. The van der Waals surface area contributed by atoms with Gasteiger partial charge in [0, 0.05) is 52.5 Å². The number of hydrogen-bond acceptors (Lipinski definition) is 5. The number of fused-ring (bicyclic) bond motifs is 2. The molecule has 0 aromatic heterocycles. The minimum absolute atomic E-state index is 0.0963. The van der Waals surface area contributed by atoms with Crippen LogP contribution in [0.1, 0.15) is 64.5 Å². The first kappa shape index (κ1) is 31.6. The molecule has 0 spiro atoms. The Hall–Kier alpha value is -3.86. The van der Waals surface area contributed by atoms with Gasteiger partial charge in [0.2, 0.25) is 5.69 Å². The molecule has 0 unspecified atom stereocenters. The third kappa shape index (κ3) is 6.06. The molecule has 6 nitrogen and oxygen atoms in total. The molecule has 0 fully saturated rings. The van der Waals surface area contributed by atoms with Crippen molar-refractivity contribution in [2.45, 2.75) is 64.2 Å². The second-order valence-electron chi connectivity index (χ2n) is 12.9. The Labute approximate surface area is 263 Å². The van der Waals surface area contributed by atoms with Crippen LogP contribution in [0.25, 0.3) is 0 Å². The SMILES string of the molecule is C#CCNC1=C(/C=C/C2=[N+](C)c3ccccc3C2(C)C)CC/C1=C/C=C1\N(CCCCS(=O)(=O)[O-])c2ccccc2C1(C)C. The molecule has 0 atom stereocenters. The van der Waals surface area contributed by atoms with E-state index in [2.05, 4.69) is 122 Å². The van der Waals surface area contributed by atoms with E-state index in [1.54, 1.807) is 0 Å². The van der Waals surface area contributed by atoms with Gasteiger partial charge in [0.25, 0.3) is 0 Å². The maximum atomic E-state index is 11.2. The van der Waals surface area contributed by atoms with E-state index in [1.165, 1.54) is 33.7 Å². The van der Waals surface area contributed by atoms with E-state index in [4.69, 9.17) is 6.42 Å².